The minimum Gasteiger partial charge on any atom is -0.406 e. The predicted octanol–water partition coefficient (Wildman–Crippen LogP) is 3.96. The van der Waals surface area contributed by atoms with Crippen LogP contribution in [0.2, 0.25) is 5.02 Å². The van der Waals surface area contributed by atoms with Crippen LogP contribution in [0, 0.1) is 0 Å². The van der Waals surface area contributed by atoms with Crippen molar-refractivity contribution in [3.63, 3.8) is 0 Å². The summed E-state index contributed by atoms with van der Waals surface area (Å²) in [4.78, 5) is 0. The smallest absolute Gasteiger partial charge is 0.315 e. The van der Waals surface area contributed by atoms with Gasteiger partial charge in [-0.3, -0.25) is 0 Å². The standard InChI is InChI=1S/C15H21ClN4O/c1-4-8-17-11(3)14-19-20-15(21-14)18-10(2)12-6-5-7-13(16)9-12/h5-7,9-11,17H,4,8H2,1-3H3,(H,18,20). The Kier molecular flexibility index (Phi) is 5.59. The van der Waals surface area contributed by atoms with Crippen LogP contribution in [0.4, 0.5) is 6.01 Å². The maximum absolute atomic E-state index is 6.00. The molecule has 1 heterocycles. The summed E-state index contributed by atoms with van der Waals surface area (Å²) in [6.45, 7) is 7.07. The van der Waals surface area contributed by atoms with Gasteiger partial charge < -0.3 is 15.1 Å². The molecule has 0 amide bonds. The Labute approximate surface area is 130 Å². The number of hydrogen-bond acceptors (Lipinski definition) is 5. The van der Waals surface area contributed by atoms with Crippen molar-refractivity contribution in [3.8, 4) is 0 Å². The van der Waals surface area contributed by atoms with Gasteiger partial charge in [0.25, 0.3) is 0 Å². The van der Waals surface area contributed by atoms with Crippen molar-refractivity contribution >= 4 is 17.6 Å². The molecule has 114 valence electrons. The molecule has 1 aromatic heterocycles. The fourth-order valence-corrected chi connectivity index (χ4v) is 2.16. The Hall–Kier alpha value is -1.59. The van der Waals surface area contributed by atoms with Crippen molar-refractivity contribution in [2.24, 2.45) is 0 Å². The molecule has 0 fully saturated rings. The maximum Gasteiger partial charge on any atom is 0.315 e. The molecule has 2 aromatic rings. The van der Waals surface area contributed by atoms with Crippen LogP contribution in [-0.4, -0.2) is 16.7 Å². The van der Waals surface area contributed by atoms with E-state index in [1.165, 1.54) is 0 Å². The lowest BCUT2D eigenvalue weighted by Gasteiger charge is -2.12. The lowest BCUT2D eigenvalue weighted by Crippen LogP contribution is -2.19. The fourth-order valence-electron chi connectivity index (χ4n) is 1.96. The average Bonchev–Trinajstić information content (AvgIpc) is 2.93. The first-order chi connectivity index (χ1) is 10.1. The summed E-state index contributed by atoms with van der Waals surface area (Å²) in [6, 6.07) is 8.21. The first-order valence-corrected chi connectivity index (χ1v) is 7.56. The summed E-state index contributed by atoms with van der Waals surface area (Å²) >= 11 is 6.00. The van der Waals surface area contributed by atoms with Gasteiger partial charge in [0.15, 0.2) is 0 Å². The molecule has 0 aliphatic heterocycles. The highest BCUT2D eigenvalue weighted by Gasteiger charge is 2.15. The van der Waals surface area contributed by atoms with Gasteiger partial charge in [-0.1, -0.05) is 35.8 Å². The number of aromatic nitrogens is 2. The van der Waals surface area contributed by atoms with Gasteiger partial charge in [-0.25, -0.2) is 0 Å². The number of nitrogens with one attached hydrogen (secondary N) is 2. The second-order valence-electron chi connectivity index (χ2n) is 5.04. The Balaban J connectivity index is 1.98. The van der Waals surface area contributed by atoms with Gasteiger partial charge in [0.2, 0.25) is 5.89 Å². The minimum absolute atomic E-state index is 0.0379. The van der Waals surface area contributed by atoms with Gasteiger partial charge in [-0.2, -0.15) is 0 Å². The van der Waals surface area contributed by atoms with Crippen molar-refractivity contribution in [1.29, 1.82) is 0 Å². The predicted molar refractivity (Wildman–Crippen MR) is 84.5 cm³/mol. The van der Waals surface area contributed by atoms with Crippen molar-refractivity contribution in [2.75, 3.05) is 11.9 Å². The van der Waals surface area contributed by atoms with Crippen molar-refractivity contribution in [2.45, 2.75) is 39.3 Å². The molecule has 0 aliphatic rings. The van der Waals surface area contributed by atoms with E-state index in [1.807, 2.05) is 38.1 Å². The van der Waals surface area contributed by atoms with Crippen LogP contribution in [-0.2, 0) is 0 Å². The molecule has 5 nitrogen and oxygen atoms in total. The molecule has 2 rings (SSSR count). The monoisotopic (exact) mass is 308 g/mol. The normalized spacial score (nSPS) is 13.9. The van der Waals surface area contributed by atoms with Crippen LogP contribution in [0.3, 0.4) is 0 Å². The average molecular weight is 309 g/mol. The molecule has 21 heavy (non-hydrogen) atoms. The Morgan fingerprint density at radius 2 is 2.05 bits per heavy atom. The largest absolute Gasteiger partial charge is 0.406 e. The Morgan fingerprint density at radius 3 is 2.76 bits per heavy atom. The lowest BCUT2D eigenvalue weighted by atomic mass is 10.1. The summed E-state index contributed by atoms with van der Waals surface area (Å²) in [6.07, 6.45) is 1.06. The molecular weight excluding hydrogens is 288 g/mol. The van der Waals surface area contributed by atoms with Gasteiger partial charge in [-0.05, 0) is 44.5 Å². The molecule has 0 saturated heterocycles. The second-order valence-corrected chi connectivity index (χ2v) is 5.48. The van der Waals surface area contributed by atoms with Gasteiger partial charge in [0.1, 0.15) is 0 Å². The molecule has 0 aliphatic carbocycles. The molecule has 0 spiro atoms. The van der Waals surface area contributed by atoms with E-state index in [9.17, 15) is 0 Å². The Bertz CT molecular complexity index is 572. The third-order valence-corrected chi connectivity index (χ3v) is 3.44. The van der Waals surface area contributed by atoms with Gasteiger partial charge in [-0.15, -0.1) is 5.10 Å². The number of anilines is 1. The van der Waals surface area contributed by atoms with Crippen LogP contribution >= 0.6 is 11.6 Å². The molecule has 0 saturated carbocycles. The highest BCUT2D eigenvalue weighted by molar-refractivity contribution is 6.30. The van der Waals surface area contributed by atoms with Crippen molar-refractivity contribution in [1.82, 2.24) is 15.5 Å². The van der Waals surface area contributed by atoms with Gasteiger partial charge >= 0.3 is 6.01 Å². The van der Waals surface area contributed by atoms with E-state index < -0.39 is 0 Å². The summed E-state index contributed by atoms with van der Waals surface area (Å²) < 4.78 is 5.64. The van der Waals surface area contributed by atoms with Gasteiger partial charge in [0.05, 0.1) is 12.1 Å². The third-order valence-electron chi connectivity index (χ3n) is 3.20. The highest BCUT2D eigenvalue weighted by atomic mass is 35.5. The zero-order valence-corrected chi connectivity index (χ0v) is 13.3. The molecule has 2 atom stereocenters. The summed E-state index contributed by atoms with van der Waals surface area (Å²) in [7, 11) is 0. The van der Waals surface area contributed by atoms with E-state index in [0.717, 1.165) is 18.5 Å². The zero-order valence-electron chi connectivity index (χ0n) is 12.6. The summed E-state index contributed by atoms with van der Waals surface area (Å²) in [5, 5.41) is 15.3. The molecule has 2 N–H and O–H groups in total. The molecule has 1 aromatic carbocycles. The van der Waals surface area contributed by atoms with E-state index in [-0.39, 0.29) is 12.1 Å². The number of rotatable bonds is 7. The summed E-state index contributed by atoms with van der Waals surface area (Å²) in [5.41, 5.74) is 1.07. The van der Waals surface area contributed by atoms with E-state index in [4.69, 9.17) is 16.0 Å². The summed E-state index contributed by atoms with van der Waals surface area (Å²) in [5.74, 6) is 0.587. The first-order valence-electron chi connectivity index (χ1n) is 7.19. The number of benzene rings is 1. The molecule has 6 heteroatoms. The number of nitrogens with zero attached hydrogens (tertiary/aromatic N) is 2. The van der Waals surface area contributed by atoms with Crippen LogP contribution in [0.1, 0.15) is 50.7 Å². The lowest BCUT2D eigenvalue weighted by molar-refractivity contribution is 0.421. The fraction of sp³-hybridized carbons (Fsp3) is 0.467. The molecular formula is C15H21ClN4O. The van der Waals surface area contributed by atoms with E-state index in [0.29, 0.717) is 16.9 Å². The number of hydrogen-bond donors (Lipinski definition) is 2. The van der Waals surface area contributed by atoms with Crippen LogP contribution in [0.15, 0.2) is 28.7 Å². The van der Waals surface area contributed by atoms with E-state index in [1.54, 1.807) is 0 Å². The molecule has 0 bridgehead atoms. The molecule has 2 unspecified atom stereocenters. The maximum atomic E-state index is 6.00. The topological polar surface area (TPSA) is 63.0 Å². The number of halogens is 1. The van der Waals surface area contributed by atoms with Crippen molar-refractivity contribution < 1.29 is 4.42 Å². The van der Waals surface area contributed by atoms with Crippen LogP contribution in [0.25, 0.3) is 0 Å². The SMILES string of the molecule is CCCNC(C)c1nnc(NC(C)c2cccc(Cl)c2)o1. The van der Waals surface area contributed by atoms with E-state index >= 15 is 0 Å². The minimum atomic E-state index is 0.0379. The molecule has 0 radical (unpaired) electrons. The second kappa shape index (κ2) is 7.43. The van der Waals surface area contributed by atoms with E-state index in [2.05, 4.69) is 27.8 Å². The Morgan fingerprint density at radius 1 is 1.24 bits per heavy atom. The highest BCUT2D eigenvalue weighted by Crippen LogP contribution is 2.22. The third kappa shape index (κ3) is 4.44. The van der Waals surface area contributed by atoms with Crippen LogP contribution in [0.5, 0.6) is 0 Å². The first kappa shape index (κ1) is 15.8. The van der Waals surface area contributed by atoms with Crippen molar-refractivity contribution in [3.05, 3.63) is 40.7 Å². The zero-order chi connectivity index (χ0) is 15.2. The quantitative estimate of drug-likeness (QED) is 0.810. The van der Waals surface area contributed by atoms with Gasteiger partial charge in [0, 0.05) is 5.02 Å². The van der Waals surface area contributed by atoms with Crippen LogP contribution < -0.4 is 10.6 Å².